The Hall–Kier alpha value is -6.92. The largest absolute Gasteiger partial charge is 0.255 e. The minimum atomic E-state index is 0.584. The molecule has 0 amide bonds. The molecule has 0 aliphatic carbocycles. The Morgan fingerprint density at radius 1 is 0.320 bits per heavy atom. The van der Waals surface area contributed by atoms with Gasteiger partial charge >= 0.3 is 0 Å². The van der Waals surface area contributed by atoms with Crippen LogP contribution in [0.2, 0.25) is 0 Å². The molecule has 0 saturated carbocycles. The van der Waals surface area contributed by atoms with E-state index in [9.17, 15) is 0 Å². The van der Waals surface area contributed by atoms with Gasteiger partial charge in [0.05, 0.1) is 5.69 Å². The molecule has 0 unspecified atom stereocenters. The zero-order valence-corrected chi connectivity index (χ0v) is 26.8. The standard InChI is InChI=1S/C44H28N6/c1-3-12-29(13-4-1)42-48-43(30-14-5-2-6-15-30)50-44(49-42)35-25-33(39-27-31-16-7-8-17-36(31)37-18-9-10-19-38(37)39)24-34(26-35)40-21-20-32(28-47-40)41-45-22-11-23-46-41/h1-28H. The van der Waals surface area contributed by atoms with E-state index >= 15 is 0 Å². The van der Waals surface area contributed by atoms with Crippen molar-refractivity contribution in [1.82, 2.24) is 29.9 Å². The lowest BCUT2D eigenvalue weighted by Gasteiger charge is -2.15. The lowest BCUT2D eigenvalue weighted by molar-refractivity contribution is 1.07. The molecule has 9 aromatic rings. The molecule has 0 spiro atoms. The molecule has 0 fully saturated rings. The van der Waals surface area contributed by atoms with Crippen molar-refractivity contribution in [3.8, 4) is 67.9 Å². The summed E-state index contributed by atoms with van der Waals surface area (Å²) in [5.41, 5.74) is 7.48. The second kappa shape index (κ2) is 12.6. The zero-order valence-electron chi connectivity index (χ0n) is 26.8. The van der Waals surface area contributed by atoms with Gasteiger partial charge in [-0.1, -0.05) is 109 Å². The van der Waals surface area contributed by atoms with Crippen molar-refractivity contribution in [1.29, 1.82) is 0 Å². The minimum absolute atomic E-state index is 0.584. The highest BCUT2D eigenvalue weighted by Crippen LogP contribution is 2.39. The maximum atomic E-state index is 5.08. The summed E-state index contributed by atoms with van der Waals surface area (Å²) in [6, 6.07) is 51.9. The Kier molecular flexibility index (Phi) is 7.37. The molecule has 6 heteroatoms. The molecule has 50 heavy (non-hydrogen) atoms. The lowest BCUT2D eigenvalue weighted by atomic mass is 9.91. The average molecular weight is 641 g/mol. The van der Waals surface area contributed by atoms with Gasteiger partial charge in [-0.2, -0.15) is 0 Å². The smallest absolute Gasteiger partial charge is 0.164 e. The number of hydrogen-bond donors (Lipinski definition) is 0. The highest BCUT2D eigenvalue weighted by atomic mass is 15.0. The van der Waals surface area contributed by atoms with E-state index in [2.05, 4.69) is 82.8 Å². The molecule has 6 aromatic carbocycles. The Morgan fingerprint density at radius 2 is 0.880 bits per heavy atom. The van der Waals surface area contributed by atoms with Crippen LogP contribution < -0.4 is 0 Å². The molecule has 9 rings (SSSR count). The van der Waals surface area contributed by atoms with Crippen LogP contribution in [0.1, 0.15) is 0 Å². The summed E-state index contributed by atoms with van der Waals surface area (Å²) >= 11 is 0. The highest BCUT2D eigenvalue weighted by Gasteiger charge is 2.17. The molecule has 0 bridgehead atoms. The molecule has 234 valence electrons. The van der Waals surface area contributed by atoms with Crippen molar-refractivity contribution in [3.05, 3.63) is 170 Å². The number of nitrogens with zero attached hydrogens (tertiary/aromatic N) is 6. The van der Waals surface area contributed by atoms with Gasteiger partial charge in [0, 0.05) is 46.4 Å². The maximum Gasteiger partial charge on any atom is 0.164 e. The van der Waals surface area contributed by atoms with Crippen molar-refractivity contribution < 1.29 is 0 Å². The monoisotopic (exact) mass is 640 g/mol. The normalized spacial score (nSPS) is 11.2. The number of rotatable bonds is 6. The zero-order chi connectivity index (χ0) is 33.3. The first-order chi connectivity index (χ1) is 24.8. The third-order valence-corrected chi connectivity index (χ3v) is 8.85. The molecule has 6 nitrogen and oxygen atoms in total. The first-order valence-electron chi connectivity index (χ1n) is 16.4. The van der Waals surface area contributed by atoms with Crippen LogP contribution in [0.5, 0.6) is 0 Å². The van der Waals surface area contributed by atoms with E-state index in [0.29, 0.717) is 23.3 Å². The summed E-state index contributed by atoms with van der Waals surface area (Å²) < 4.78 is 0. The van der Waals surface area contributed by atoms with Crippen molar-refractivity contribution in [2.24, 2.45) is 0 Å². The number of benzene rings is 6. The van der Waals surface area contributed by atoms with Gasteiger partial charge in [-0.3, -0.25) is 4.98 Å². The van der Waals surface area contributed by atoms with Crippen molar-refractivity contribution in [2.45, 2.75) is 0 Å². The van der Waals surface area contributed by atoms with Crippen LogP contribution in [0.3, 0.4) is 0 Å². The predicted octanol–water partition coefficient (Wildman–Crippen LogP) is 10.4. The van der Waals surface area contributed by atoms with E-state index in [1.54, 1.807) is 12.4 Å². The summed E-state index contributed by atoms with van der Waals surface area (Å²) in [7, 11) is 0. The third-order valence-electron chi connectivity index (χ3n) is 8.85. The van der Waals surface area contributed by atoms with Crippen molar-refractivity contribution in [2.75, 3.05) is 0 Å². The predicted molar refractivity (Wildman–Crippen MR) is 201 cm³/mol. The van der Waals surface area contributed by atoms with Crippen molar-refractivity contribution in [3.63, 3.8) is 0 Å². The molecule has 0 radical (unpaired) electrons. The lowest BCUT2D eigenvalue weighted by Crippen LogP contribution is -2.00. The van der Waals surface area contributed by atoms with E-state index in [4.69, 9.17) is 19.9 Å². The molecule has 0 aliphatic rings. The fourth-order valence-corrected chi connectivity index (χ4v) is 6.44. The Labute approximate surface area is 288 Å². The molecule has 3 aromatic heterocycles. The van der Waals surface area contributed by atoms with Crippen LogP contribution in [0, 0.1) is 0 Å². The van der Waals surface area contributed by atoms with E-state index < -0.39 is 0 Å². The minimum Gasteiger partial charge on any atom is -0.255 e. The second-order valence-electron chi connectivity index (χ2n) is 12.0. The van der Waals surface area contributed by atoms with Gasteiger partial charge in [0.15, 0.2) is 23.3 Å². The summed E-state index contributed by atoms with van der Waals surface area (Å²) in [4.78, 5) is 28.8. The van der Waals surface area contributed by atoms with E-state index in [-0.39, 0.29) is 0 Å². The van der Waals surface area contributed by atoms with Crippen LogP contribution in [0.15, 0.2) is 170 Å². The second-order valence-corrected chi connectivity index (χ2v) is 12.0. The molecule has 0 aliphatic heterocycles. The fraction of sp³-hybridized carbons (Fsp3) is 0. The summed E-state index contributed by atoms with van der Waals surface area (Å²) in [5, 5.41) is 4.78. The molecule has 3 heterocycles. The SMILES string of the molecule is c1ccc(-c2nc(-c3ccccc3)nc(-c3cc(-c4ccc(-c5ncccn5)cn4)cc(-c4cc5ccccc5c5ccccc45)c3)n2)cc1. The third kappa shape index (κ3) is 5.55. The van der Waals surface area contributed by atoms with Gasteiger partial charge in [-0.25, -0.2) is 24.9 Å². The molecule has 0 atom stereocenters. The number of aromatic nitrogens is 6. The maximum absolute atomic E-state index is 5.08. The number of pyridine rings is 1. The molecular formula is C44H28N6. The number of hydrogen-bond acceptors (Lipinski definition) is 6. The van der Waals surface area contributed by atoms with Crippen LogP contribution >= 0.6 is 0 Å². The first-order valence-corrected chi connectivity index (χ1v) is 16.4. The van der Waals surface area contributed by atoms with E-state index in [0.717, 1.165) is 44.6 Å². The van der Waals surface area contributed by atoms with Crippen LogP contribution in [-0.4, -0.2) is 29.9 Å². The van der Waals surface area contributed by atoms with Crippen molar-refractivity contribution >= 4 is 21.5 Å². The van der Waals surface area contributed by atoms with Gasteiger partial charge in [0.25, 0.3) is 0 Å². The van der Waals surface area contributed by atoms with Crippen LogP contribution in [0.25, 0.3) is 89.5 Å². The topological polar surface area (TPSA) is 77.3 Å². The van der Waals surface area contributed by atoms with Crippen LogP contribution in [0.4, 0.5) is 0 Å². The van der Waals surface area contributed by atoms with E-state index in [1.165, 1.54) is 21.5 Å². The Balaban J connectivity index is 1.28. The van der Waals surface area contributed by atoms with Crippen LogP contribution in [-0.2, 0) is 0 Å². The average Bonchev–Trinajstić information content (AvgIpc) is 3.21. The van der Waals surface area contributed by atoms with Gasteiger partial charge in [0.1, 0.15) is 0 Å². The Bertz CT molecular complexity index is 2570. The molecule has 0 N–H and O–H groups in total. The summed E-state index contributed by atoms with van der Waals surface area (Å²) in [6.45, 7) is 0. The Morgan fingerprint density at radius 3 is 1.54 bits per heavy atom. The van der Waals surface area contributed by atoms with Gasteiger partial charge in [-0.05, 0) is 75.1 Å². The molecular weight excluding hydrogens is 613 g/mol. The first kappa shape index (κ1) is 29.2. The molecule has 0 saturated heterocycles. The summed E-state index contributed by atoms with van der Waals surface area (Å²) in [6.07, 6.45) is 5.30. The summed E-state index contributed by atoms with van der Waals surface area (Å²) in [5.74, 6) is 2.45. The number of fused-ring (bicyclic) bond motifs is 3. The van der Waals surface area contributed by atoms with E-state index in [1.807, 2.05) is 85.1 Å². The van der Waals surface area contributed by atoms with Gasteiger partial charge < -0.3 is 0 Å². The fourth-order valence-electron chi connectivity index (χ4n) is 6.44. The van der Waals surface area contributed by atoms with Gasteiger partial charge in [0.2, 0.25) is 0 Å². The quantitative estimate of drug-likeness (QED) is 0.168. The highest BCUT2D eigenvalue weighted by molar-refractivity contribution is 6.14. The van der Waals surface area contributed by atoms with Gasteiger partial charge in [-0.15, -0.1) is 0 Å².